The molecule has 6 nitrogen and oxygen atoms in total. The second-order valence-corrected chi connectivity index (χ2v) is 20.0. The Morgan fingerprint density at radius 1 is 0.431 bits per heavy atom. The summed E-state index contributed by atoms with van der Waals surface area (Å²) in [6.45, 7) is 4.91. The summed E-state index contributed by atoms with van der Waals surface area (Å²) in [4.78, 5) is 24.5. The highest BCUT2D eigenvalue weighted by atomic mass is 16.5. The molecule has 2 atom stereocenters. The van der Waals surface area contributed by atoms with Crippen molar-refractivity contribution in [2.75, 3.05) is 13.2 Å². The van der Waals surface area contributed by atoms with Crippen molar-refractivity contribution in [3.8, 4) is 0 Å². The Bertz CT molecular complexity index is 1010. The van der Waals surface area contributed by atoms with Gasteiger partial charge in [0.25, 0.3) is 0 Å². The molecule has 0 aromatic rings. The lowest BCUT2D eigenvalue weighted by Gasteiger charge is -2.22. The zero-order valence-corrected chi connectivity index (χ0v) is 43.7. The molecule has 0 bridgehead atoms. The fourth-order valence-corrected chi connectivity index (χ4v) is 9.04. The van der Waals surface area contributed by atoms with Gasteiger partial charge in [-0.1, -0.05) is 282 Å². The van der Waals surface area contributed by atoms with Gasteiger partial charge in [-0.3, -0.25) is 9.59 Å². The third kappa shape index (κ3) is 51.6. The third-order valence-electron chi connectivity index (χ3n) is 13.5. The van der Waals surface area contributed by atoms with Crippen LogP contribution in [0.3, 0.4) is 0 Å². The lowest BCUT2D eigenvalue weighted by Crippen LogP contribution is -2.45. The van der Waals surface area contributed by atoms with Crippen LogP contribution in [0.5, 0.6) is 0 Å². The normalized spacial score (nSPS) is 12.7. The Hall–Kier alpha value is -1.66. The molecule has 0 saturated heterocycles. The van der Waals surface area contributed by atoms with Gasteiger partial charge in [-0.25, -0.2) is 0 Å². The fourth-order valence-electron chi connectivity index (χ4n) is 9.04. The maximum Gasteiger partial charge on any atom is 0.305 e. The zero-order chi connectivity index (χ0) is 47.2. The Labute approximate surface area is 405 Å². The number of hydrogen-bond acceptors (Lipinski definition) is 5. The summed E-state index contributed by atoms with van der Waals surface area (Å²) in [5.74, 6) is -0.125. The molecular weight excluding hydrogens is 803 g/mol. The Balaban J connectivity index is 3.51. The van der Waals surface area contributed by atoms with Gasteiger partial charge in [0.1, 0.15) is 0 Å². The lowest BCUT2D eigenvalue weighted by atomic mass is 10.0. The van der Waals surface area contributed by atoms with E-state index < -0.39 is 12.1 Å². The average Bonchev–Trinajstić information content (AvgIpc) is 3.31. The van der Waals surface area contributed by atoms with Crippen molar-refractivity contribution < 1.29 is 24.5 Å². The first-order valence-electron chi connectivity index (χ1n) is 29.1. The lowest BCUT2D eigenvalue weighted by molar-refractivity contribution is -0.143. The van der Waals surface area contributed by atoms with Crippen molar-refractivity contribution in [2.24, 2.45) is 0 Å². The molecule has 65 heavy (non-hydrogen) atoms. The zero-order valence-electron chi connectivity index (χ0n) is 43.7. The Morgan fingerprint density at radius 3 is 1.20 bits per heavy atom. The number of carbonyl (C=O) groups is 2. The van der Waals surface area contributed by atoms with E-state index in [1.807, 2.05) is 6.08 Å². The van der Waals surface area contributed by atoms with Gasteiger partial charge in [-0.15, -0.1) is 0 Å². The predicted molar refractivity (Wildman–Crippen MR) is 283 cm³/mol. The SMILES string of the molecule is CCCCCCCCCCCCCCCCCCCCC(=O)OCCCCCCCC/C=C\C/C=C\CCC(=O)NC(CO)C(O)CCCCCCCCCCCCCCCCCCC. The molecule has 0 aromatic carbocycles. The molecule has 0 radical (unpaired) electrons. The van der Waals surface area contributed by atoms with E-state index in [0.717, 1.165) is 51.4 Å². The van der Waals surface area contributed by atoms with Crippen LogP contribution >= 0.6 is 0 Å². The molecule has 384 valence electrons. The predicted octanol–water partition coefficient (Wildman–Crippen LogP) is 17.9. The van der Waals surface area contributed by atoms with E-state index in [2.05, 4.69) is 37.4 Å². The van der Waals surface area contributed by atoms with Crippen LogP contribution in [0.4, 0.5) is 0 Å². The van der Waals surface area contributed by atoms with Crippen LogP contribution in [0.2, 0.25) is 0 Å². The molecule has 0 rings (SSSR count). The number of carbonyl (C=O) groups excluding carboxylic acids is 2. The minimum Gasteiger partial charge on any atom is -0.466 e. The van der Waals surface area contributed by atoms with Gasteiger partial charge in [0.05, 0.1) is 25.4 Å². The van der Waals surface area contributed by atoms with Crippen molar-refractivity contribution in [1.29, 1.82) is 0 Å². The summed E-state index contributed by atoms with van der Waals surface area (Å²) in [7, 11) is 0. The Kier molecular flexibility index (Phi) is 53.5. The van der Waals surface area contributed by atoms with Crippen LogP contribution in [0.15, 0.2) is 24.3 Å². The van der Waals surface area contributed by atoms with Crippen LogP contribution in [0.1, 0.15) is 316 Å². The molecule has 2 unspecified atom stereocenters. The van der Waals surface area contributed by atoms with Crippen molar-refractivity contribution in [1.82, 2.24) is 5.32 Å². The molecule has 0 aliphatic carbocycles. The first-order chi connectivity index (χ1) is 32.0. The van der Waals surface area contributed by atoms with E-state index in [-0.39, 0.29) is 18.5 Å². The van der Waals surface area contributed by atoms with Crippen LogP contribution in [0, 0.1) is 0 Å². The number of nitrogens with one attached hydrogen (secondary N) is 1. The topological polar surface area (TPSA) is 95.9 Å². The maximum absolute atomic E-state index is 12.4. The summed E-state index contributed by atoms with van der Waals surface area (Å²) in [5, 5.41) is 23.2. The molecule has 3 N–H and O–H groups in total. The first kappa shape index (κ1) is 63.3. The minimum atomic E-state index is -0.699. The van der Waals surface area contributed by atoms with Crippen molar-refractivity contribution in [3.05, 3.63) is 24.3 Å². The van der Waals surface area contributed by atoms with Crippen molar-refractivity contribution in [2.45, 2.75) is 328 Å². The third-order valence-corrected chi connectivity index (χ3v) is 13.5. The molecule has 0 heterocycles. The second-order valence-electron chi connectivity index (χ2n) is 20.0. The van der Waals surface area contributed by atoms with E-state index in [0.29, 0.717) is 32.3 Å². The van der Waals surface area contributed by atoms with E-state index in [9.17, 15) is 19.8 Å². The van der Waals surface area contributed by atoms with Gasteiger partial charge in [0, 0.05) is 12.8 Å². The highest BCUT2D eigenvalue weighted by molar-refractivity contribution is 5.76. The van der Waals surface area contributed by atoms with Crippen molar-refractivity contribution in [3.63, 3.8) is 0 Å². The van der Waals surface area contributed by atoms with Gasteiger partial charge >= 0.3 is 5.97 Å². The van der Waals surface area contributed by atoms with E-state index in [1.165, 1.54) is 225 Å². The number of esters is 1. The summed E-state index contributed by atoms with van der Waals surface area (Å²) in [6.07, 6.45) is 66.1. The van der Waals surface area contributed by atoms with Crippen LogP contribution in [-0.4, -0.2) is 47.4 Å². The van der Waals surface area contributed by atoms with Gasteiger partial charge in [0.15, 0.2) is 0 Å². The largest absolute Gasteiger partial charge is 0.466 e. The van der Waals surface area contributed by atoms with Gasteiger partial charge < -0.3 is 20.3 Å². The fraction of sp³-hybridized carbons (Fsp3) is 0.898. The maximum atomic E-state index is 12.4. The first-order valence-corrected chi connectivity index (χ1v) is 29.1. The van der Waals surface area contributed by atoms with Crippen LogP contribution < -0.4 is 5.32 Å². The number of aliphatic hydroxyl groups excluding tert-OH is 2. The monoisotopic (exact) mass is 916 g/mol. The smallest absolute Gasteiger partial charge is 0.305 e. The summed E-state index contributed by atoms with van der Waals surface area (Å²) in [6, 6.07) is -0.585. The quantitative estimate of drug-likeness (QED) is 0.0321. The van der Waals surface area contributed by atoms with Gasteiger partial charge in [-0.05, 0) is 44.9 Å². The highest BCUT2D eigenvalue weighted by Gasteiger charge is 2.19. The van der Waals surface area contributed by atoms with Crippen molar-refractivity contribution >= 4 is 11.9 Å². The molecule has 6 heteroatoms. The summed E-state index contributed by atoms with van der Waals surface area (Å²) in [5.41, 5.74) is 0. The number of unbranched alkanes of at least 4 members (excludes halogenated alkanes) is 39. The number of hydrogen-bond donors (Lipinski definition) is 3. The molecule has 0 aliphatic heterocycles. The molecular formula is C59H113NO5. The van der Waals surface area contributed by atoms with Gasteiger partial charge in [-0.2, -0.15) is 0 Å². The van der Waals surface area contributed by atoms with E-state index in [4.69, 9.17) is 4.74 Å². The van der Waals surface area contributed by atoms with E-state index in [1.54, 1.807) is 0 Å². The molecule has 0 saturated carbocycles. The summed E-state index contributed by atoms with van der Waals surface area (Å²) < 4.78 is 5.47. The molecule has 0 spiro atoms. The molecule has 0 aliphatic rings. The number of aliphatic hydroxyl groups is 2. The number of amides is 1. The number of allylic oxidation sites excluding steroid dienone is 4. The number of rotatable bonds is 54. The molecule has 0 fully saturated rings. The minimum absolute atomic E-state index is 0.0122. The summed E-state index contributed by atoms with van der Waals surface area (Å²) >= 11 is 0. The average molecular weight is 917 g/mol. The van der Waals surface area contributed by atoms with Gasteiger partial charge in [0.2, 0.25) is 5.91 Å². The molecule has 1 amide bonds. The van der Waals surface area contributed by atoms with E-state index >= 15 is 0 Å². The standard InChI is InChI=1S/C59H113NO5/c1-3-5-7-9-11-13-15-17-19-21-23-25-29-33-37-41-45-49-53-59(64)65-54-50-46-42-38-34-30-26-28-32-36-40-44-48-52-58(63)60-56(55-61)57(62)51-47-43-39-35-31-27-24-22-20-18-16-14-12-10-8-6-4-2/h28,32,40,44,56-57,61-62H,3-27,29-31,33-39,41-43,45-55H2,1-2H3,(H,60,63)/b32-28-,44-40-. The van der Waals surface area contributed by atoms with Crippen LogP contribution in [-0.2, 0) is 14.3 Å². The molecule has 0 aromatic heterocycles. The second kappa shape index (κ2) is 54.9. The highest BCUT2D eigenvalue weighted by Crippen LogP contribution is 2.17. The van der Waals surface area contributed by atoms with Crippen LogP contribution in [0.25, 0.3) is 0 Å². The number of ether oxygens (including phenoxy) is 1. The Morgan fingerprint density at radius 2 is 0.785 bits per heavy atom.